The summed E-state index contributed by atoms with van der Waals surface area (Å²) in [6.45, 7) is 6.51. The van der Waals surface area contributed by atoms with Crippen molar-refractivity contribution in [2.75, 3.05) is 11.9 Å². The Hall–Kier alpha value is -2.83. The van der Waals surface area contributed by atoms with Gasteiger partial charge in [0.25, 0.3) is 5.91 Å². The lowest BCUT2D eigenvalue weighted by atomic mass is 10.2. The molecule has 0 spiro atoms. The molecule has 0 bridgehead atoms. The van der Waals surface area contributed by atoms with Crippen LogP contribution < -0.4 is 15.4 Å². The van der Waals surface area contributed by atoms with E-state index in [1.54, 1.807) is 30.3 Å². The van der Waals surface area contributed by atoms with Crippen molar-refractivity contribution in [3.63, 3.8) is 0 Å². The van der Waals surface area contributed by atoms with Crippen LogP contribution in [0.2, 0.25) is 0 Å². The number of carbonyl (C=O) groups excluding carboxylic acids is 2. The average molecular weight is 359 g/mol. The summed E-state index contributed by atoms with van der Waals surface area (Å²) < 4.78 is 10.7. The van der Waals surface area contributed by atoms with Gasteiger partial charge in [0.15, 0.2) is 11.5 Å². The fourth-order valence-electron chi connectivity index (χ4n) is 2.03. The van der Waals surface area contributed by atoms with Crippen molar-refractivity contribution in [1.82, 2.24) is 10.5 Å². The van der Waals surface area contributed by atoms with Crippen molar-refractivity contribution in [3.8, 4) is 5.75 Å². The number of hydrogen-bond donors (Lipinski definition) is 2. The number of aromatic nitrogens is 1. The smallest absolute Gasteiger partial charge is 0.273 e. The van der Waals surface area contributed by atoms with Crippen molar-refractivity contribution < 1.29 is 18.8 Å². The minimum atomic E-state index is -0.251. The predicted molar refractivity (Wildman–Crippen MR) is 98.0 cm³/mol. The summed E-state index contributed by atoms with van der Waals surface area (Å²) in [7, 11) is 0. The topological polar surface area (TPSA) is 93.5 Å². The lowest BCUT2D eigenvalue weighted by Crippen LogP contribution is -2.24. The van der Waals surface area contributed by atoms with Gasteiger partial charge in [-0.05, 0) is 30.7 Å². The zero-order valence-electron chi connectivity index (χ0n) is 15.4. The van der Waals surface area contributed by atoms with Gasteiger partial charge in [-0.3, -0.25) is 9.59 Å². The van der Waals surface area contributed by atoms with Gasteiger partial charge in [0.05, 0.1) is 0 Å². The van der Waals surface area contributed by atoms with E-state index in [0.29, 0.717) is 23.7 Å². The van der Waals surface area contributed by atoms with Crippen LogP contribution in [-0.2, 0) is 11.4 Å². The molecule has 1 aromatic heterocycles. The van der Waals surface area contributed by atoms with E-state index in [0.717, 1.165) is 12.8 Å². The molecule has 2 N–H and O–H groups in total. The highest BCUT2D eigenvalue weighted by atomic mass is 16.5. The molecule has 2 rings (SSSR count). The molecule has 0 saturated heterocycles. The van der Waals surface area contributed by atoms with Crippen LogP contribution in [0.1, 0.15) is 49.9 Å². The van der Waals surface area contributed by atoms with Crippen LogP contribution in [0.3, 0.4) is 0 Å². The van der Waals surface area contributed by atoms with Gasteiger partial charge in [-0.25, -0.2) is 0 Å². The van der Waals surface area contributed by atoms with Gasteiger partial charge >= 0.3 is 0 Å². The Labute approximate surface area is 153 Å². The fourth-order valence-corrected chi connectivity index (χ4v) is 2.03. The minimum Gasteiger partial charge on any atom is -0.486 e. The molecular formula is C19H25N3O4. The van der Waals surface area contributed by atoms with E-state index in [-0.39, 0.29) is 30.0 Å². The summed E-state index contributed by atoms with van der Waals surface area (Å²) in [5, 5.41) is 9.35. The summed E-state index contributed by atoms with van der Waals surface area (Å²) >= 11 is 0. The number of benzene rings is 1. The maximum atomic E-state index is 11.9. The molecule has 0 aliphatic rings. The molecule has 1 aromatic carbocycles. The second-order valence-corrected chi connectivity index (χ2v) is 6.24. The predicted octanol–water partition coefficient (Wildman–Crippen LogP) is 3.38. The normalized spacial score (nSPS) is 10.6. The first-order chi connectivity index (χ1) is 12.5. The molecule has 0 aliphatic heterocycles. The first kappa shape index (κ1) is 19.5. The van der Waals surface area contributed by atoms with E-state index < -0.39 is 0 Å². The van der Waals surface area contributed by atoms with Crippen LogP contribution >= 0.6 is 0 Å². The van der Waals surface area contributed by atoms with Gasteiger partial charge in [0.2, 0.25) is 5.91 Å². The molecule has 0 atom stereocenters. The van der Waals surface area contributed by atoms with Crippen molar-refractivity contribution in [1.29, 1.82) is 0 Å². The third-order valence-corrected chi connectivity index (χ3v) is 3.63. The first-order valence-corrected chi connectivity index (χ1v) is 8.77. The number of nitrogens with one attached hydrogen (secondary N) is 2. The van der Waals surface area contributed by atoms with Crippen LogP contribution in [0.25, 0.3) is 0 Å². The van der Waals surface area contributed by atoms with Crippen molar-refractivity contribution in [3.05, 3.63) is 41.8 Å². The first-order valence-electron chi connectivity index (χ1n) is 8.77. The Morgan fingerprint density at radius 2 is 1.96 bits per heavy atom. The van der Waals surface area contributed by atoms with E-state index in [4.69, 9.17) is 9.26 Å². The summed E-state index contributed by atoms with van der Waals surface area (Å²) in [6, 6.07) is 8.61. The monoisotopic (exact) mass is 359 g/mol. The SMILES string of the molecule is CCCCNC(=O)c1cc(COc2ccc(NC(=O)C(C)C)cc2)on1. The summed E-state index contributed by atoms with van der Waals surface area (Å²) in [5.74, 6) is 0.718. The molecule has 140 valence electrons. The number of hydrogen-bond acceptors (Lipinski definition) is 5. The zero-order chi connectivity index (χ0) is 18.9. The number of rotatable bonds is 9. The van der Waals surface area contributed by atoms with Crippen LogP contribution in [0.4, 0.5) is 5.69 Å². The molecule has 0 fully saturated rings. The van der Waals surface area contributed by atoms with Crippen LogP contribution in [0, 0.1) is 5.92 Å². The second-order valence-electron chi connectivity index (χ2n) is 6.24. The van der Waals surface area contributed by atoms with E-state index in [9.17, 15) is 9.59 Å². The van der Waals surface area contributed by atoms with Crippen molar-refractivity contribution >= 4 is 17.5 Å². The van der Waals surface area contributed by atoms with Gasteiger partial charge in [0.1, 0.15) is 12.4 Å². The third-order valence-electron chi connectivity index (χ3n) is 3.63. The van der Waals surface area contributed by atoms with Crippen LogP contribution in [0.15, 0.2) is 34.9 Å². The van der Waals surface area contributed by atoms with Gasteiger partial charge in [-0.1, -0.05) is 32.3 Å². The van der Waals surface area contributed by atoms with E-state index >= 15 is 0 Å². The van der Waals surface area contributed by atoms with E-state index in [2.05, 4.69) is 22.7 Å². The summed E-state index contributed by atoms with van der Waals surface area (Å²) in [6.07, 6.45) is 1.94. The van der Waals surface area contributed by atoms with Crippen molar-refractivity contribution in [2.24, 2.45) is 5.92 Å². The van der Waals surface area contributed by atoms with Crippen LogP contribution in [-0.4, -0.2) is 23.5 Å². The fraction of sp³-hybridized carbons (Fsp3) is 0.421. The molecule has 7 heteroatoms. The number of unbranched alkanes of at least 4 members (excludes halogenated alkanes) is 1. The van der Waals surface area contributed by atoms with Crippen molar-refractivity contribution in [2.45, 2.75) is 40.2 Å². The Balaban J connectivity index is 1.83. The molecule has 7 nitrogen and oxygen atoms in total. The standard InChI is InChI=1S/C19H25N3O4/c1-4-5-10-20-19(24)17-11-16(26-22-17)12-25-15-8-6-14(7-9-15)21-18(23)13(2)3/h6-9,11,13H,4-5,10,12H2,1-3H3,(H,20,24)(H,21,23). The lowest BCUT2D eigenvalue weighted by Gasteiger charge is -2.08. The molecule has 2 aromatic rings. The molecule has 2 amide bonds. The zero-order valence-corrected chi connectivity index (χ0v) is 15.4. The highest BCUT2D eigenvalue weighted by Gasteiger charge is 2.12. The molecule has 0 radical (unpaired) electrons. The number of nitrogens with zero attached hydrogens (tertiary/aromatic N) is 1. The van der Waals surface area contributed by atoms with E-state index in [1.165, 1.54) is 0 Å². The minimum absolute atomic E-state index is 0.0370. The van der Waals surface area contributed by atoms with E-state index in [1.807, 2.05) is 13.8 Å². The highest BCUT2D eigenvalue weighted by molar-refractivity contribution is 5.92. The largest absolute Gasteiger partial charge is 0.486 e. The molecule has 0 unspecified atom stereocenters. The lowest BCUT2D eigenvalue weighted by molar-refractivity contribution is -0.118. The van der Waals surface area contributed by atoms with Gasteiger partial charge in [-0.2, -0.15) is 0 Å². The molecule has 1 heterocycles. The second kappa shape index (κ2) is 9.60. The summed E-state index contributed by atoms with van der Waals surface area (Å²) in [5.41, 5.74) is 0.952. The van der Waals surface area contributed by atoms with Gasteiger partial charge in [0, 0.05) is 24.2 Å². The molecule has 26 heavy (non-hydrogen) atoms. The quantitative estimate of drug-likeness (QED) is 0.670. The number of amides is 2. The molecular weight excluding hydrogens is 334 g/mol. The maximum absolute atomic E-state index is 11.9. The van der Waals surface area contributed by atoms with Gasteiger partial charge < -0.3 is 19.9 Å². The Morgan fingerprint density at radius 3 is 2.62 bits per heavy atom. The molecule has 0 aliphatic carbocycles. The third kappa shape index (κ3) is 5.91. The Bertz CT molecular complexity index is 723. The van der Waals surface area contributed by atoms with Gasteiger partial charge in [-0.15, -0.1) is 0 Å². The highest BCUT2D eigenvalue weighted by Crippen LogP contribution is 2.18. The average Bonchev–Trinajstić information content (AvgIpc) is 3.10. The maximum Gasteiger partial charge on any atom is 0.273 e. The summed E-state index contributed by atoms with van der Waals surface area (Å²) in [4.78, 5) is 23.5. The van der Waals surface area contributed by atoms with Crippen LogP contribution in [0.5, 0.6) is 5.75 Å². The number of carbonyl (C=O) groups is 2. The number of ether oxygens (including phenoxy) is 1. The Kier molecular flexibility index (Phi) is 7.20. The molecule has 0 saturated carbocycles. The number of anilines is 1. The Morgan fingerprint density at radius 1 is 1.23 bits per heavy atom.